The van der Waals surface area contributed by atoms with E-state index in [1.165, 1.54) is 25.5 Å². The van der Waals surface area contributed by atoms with Gasteiger partial charge in [-0.2, -0.15) is 0 Å². The Hall–Kier alpha value is -0.890. The van der Waals surface area contributed by atoms with Crippen LogP contribution < -0.4 is 11.1 Å². The van der Waals surface area contributed by atoms with Gasteiger partial charge in [-0.1, -0.05) is 19.1 Å². The van der Waals surface area contributed by atoms with E-state index in [0.717, 1.165) is 25.1 Å². The third kappa shape index (κ3) is 6.08. The van der Waals surface area contributed by atoms with Crippen LogP contribution in [0.25, 0.3) is 0 Å². The van der Waals surface area contributed by atoms with Crippen LogP contribution in [0, 0.1) is 5.82 Å². The van der Waals surface area contributed by atoms with Crippen molar-refractivity contribution in [3.8, 4) is 0 Å². The minimum atomic E-state index is -0.199. The average Bonchev–Trinajstić information content (AvgIpc) is 2.92. The van der Waals surface area contributed by atoms with Gasteiger partial charge in [-0.05, 0) is 50.0 Å². The average molecular weight is 420 g/mol. The lowest BCUT2D eigenvalue weighted by Gasteiger charge is -2.20. The maximum absolute atomic E-state index is 13.0. The zero-order valence-electron chi connectivity index (χ0n) is 13.1. The number of likely N-dealkylation sites (tertiary alicyclic amines) is 1. The zero-order valence-corrected chi connectivity index (χ0v) is 15.4. The van der Waals surface area contributed by atoms with Crippen LogP contribution in [0.2, 0.25) is 0 Å². The first-order chi connectivity index (χ1) is 10.2. The van der Waals surface area contributed by atoms with Crippen LogP contribution in [0.15, 0.2) is 29.3 Å². The third-order valence-corrected chi connectivity index (χ3v) is 3.99. The molecule has 0 saturated carbocycles. The Morgan fingerprint density at radius 3 is 3.05 bits per heavy atom. The second-order valence-electron chi connectivity index (χ2n) is 5.46. The van der Waals surface area contributed by atoms with Crippen molar-refractivity contribution >= 4 is 29.9 Å². The van der Waals surface area contributed by atoms with E-state index in [1.54, 1.807) is 12.1 Å². The number of guanidine groups is 1. The molecule has 22 heavy (non-hydrogen) atoms. The van der Waals surface area contributed by atoms with Crippen molar-refractivity contribution in [1.29, 1.82) is 0 Å². The maximum atomic E-state index is 13.0. The standard InChI is InChI=1S/C16H25FN4.HI/c1-2-21-10-4-7-15(21)12-20-16(18)19-9-8-13-5-3-6-14(17)11-13;/h3,5-6,11,15H,2,4,7-10,12H2,1H3,(H3,18,19,20);1H. The summed E-state index contributed by atoms with van der Waals surface area (Å²) in [6, 6.07) is 7.16. The van der Waals surface area contributed by atoms with E-state index >= 15 is 0 Å². The predicted molar refractivity (Wildman–Crippen MR) is 100 cm³/mol. The van der Waals surface area contributed by atoms with Crippen molar-refractivity contribution in [1.82, 2.24) is 10.2 Å². The molecule has 1 atom stereocenters. The van der Waals surface area contributed by atoms with Crippen molar-refractivity contribution in [3.05, 3.63) is 35.6 Å². The first-order valence-electron chi connectivity index (χ1n) is 7.71. The molecule has 124 valence electrons. The molecule has 0 radical (unpaired) electrons. The number of aliphatic imine (C=N–C) groups is 1. The van der Waals surface area contributed by atoms with Crippen molar-refractivity contribution in [2.24, 2.45) is 10.7 Å². The minimum absolute atomic E-state index is 0. The fourth-order valence-corrected chi connectivity index (χ4v) is 2.81. The second kappa shape index (κ2) is 9.99. The molecular formula is C16H26FIN4. The molecule has 6 heteroatoms. The van der Waals surface area contributed by atoms with Gasteiger partial charge in [0, 0.05) is 12.6 Å². The smallest absolute Gasteiger partial charge is 0.188 e. The molecule has 3 N–H and O–H groups in total. The third-order valence-electron chi connectivity index (χ3n) is 3.99. The second-order valence-corrected chi connectivity index (χ2v) is 5.46. The maximum Gasteiger partial charge on any atom is 0.188 e. The lowest BCUT2D eigenvalue weighted by Crippen LogP contribution is -2.36. The van der Waals surface area contributed by atoms with Crippen molar-refractivity contribution in [2.45, 2.75) is 32.2 Å². The van der Waals surface area contributed by atoms with E-state index in [9.17, 15) is 4.39 Å². The minimum Gasteiger partial charge on any atom is -0.370 e. The number of hydrogen-bond acceptors (Lipinski definition) is 2. The van der Waals surface area contributed by atoms with Gasteiger partial charge in [0.15, 0.2) is 5.96 Å². The van der Waals surface area contributed by atoms with Crippen LogP contribution in [-0.4, -0.2) is 43.1 Å². The summed E-state index contributed by atoms with van der Waals surface area (Å²) in [7, 11) is 0. The SMILES string of the molecule is CCN1CCCC1CN=C(N)NCCc1cccc(F)c1.I. The molecule has 0 spiro atoms. The van der Waals surface area contributed by atoms with Gasteiger partial charge in [-0.15, -0.1) is 24.0 Å². The fraction of sp³-hybridized carbons (Fsp3) is 0.562. The number of nitrogens with one attached hydrogen (secondary N) is 1. The molecule has 1 aliphatic heterocycles. The monoisotopic (exact) mass is 420 g/mol. The molecule has 0 amide bonds. The summed E-state index contributed by atoms with van der Waals surface area (Å²) in [5, 5.41) is 3.09. The summed E-state index contributed by atoms with van der Waals surface area (Å²) in [6.45, 7) is 5.85. The number of likely N-dealkylation sites (N-methyl/N-ethyl adjacent to an activating group) is 1. The molecule has 1 saturated heterocycles. The molecule has 1 fully saturated rings. The summed E-state index contributed by atoms with van der Waals surface area (Å²) >= 11 is 0. The Labute approximate surface area is 149 Å². The van der Waals surface area contributed by atoms with Gasteiger partial charge in [0.2, 0.25) is 0 Å². The summed E-state index contributed by atoms with van der Waals surface area (Å²) in [5.41, 5.74) is 6.84. The largest absolute Gasteiger partial charge is 0.370 e. The Kier molecular flexibility index (Phi) is 8.70. The van der Waals surface area contributed by atoms with Crippen molar-refractivity contribution < 1.29 is 4.39 Å². The van der Waals surface area contributed by atoms with E-state index < -0.39 is 0 Å². The number of rotatable bonds is 6. The van der Waals surface area contributed by atoms with E-state index in [2.05, 4.69) is 22.1 Å². The van der Waals surface area contributed by atoms with Gasteiger partial charge in [0.05, 0.1) is 6.54 Å². The summed E-state index contributed by atoms with van der Waals surface area (Å²) in [6.07, 6.45) is 3.19. The first kappa shape index (κ1) is 19.2. The lowest BCUT2D eigenvalue weighted by molar-refractivity contribution is 0.273. The highest BCUT2D eigenvalue weighted by atomic mass is 127. The highest BCUT2D eigenvalue weighted by Crippen LogP contribution is 2.16. The van der Waals surface area contributed by atoms with E-state index in [1.807, 2.05) is 6.07 Å². The molecule has 1 aromatic carbocycles. The molecule has 1 aliphatic rings. The van der Waals surface area contributed by atoms with E-state index in [4.69, 9.17) is 5.73 Å². The first-order valence-corrected chi connectivity index (χ1v) is 7.71. The van der Waals surface area contributed by atoms with Crippen LogP contribution in [0.1, 0.15) is 25.3 Å². The van der Waals surface area contributed by atoms with Gasteiger partial charge in [-0.3, -0.25) is 9.89 Å². The molecule has 1 heterocycles. The van der Waals surface area contributed by atoms with Crippen LogP contribution >= 0.6 is 24.0 Å². The number of nitrogens with two attached hydrogens (primary N) is 1. The van der Waals surface area contributed by atoms with E-state index in [-0.39, 0.29) is 29.8 Å². The molecular weight excluding hydrogens is 394 g/mol. The molecule has 1 unspecified atom stereocenters. The van der Waals surface area contributed by atoms with Crippen LogP contribution in [0.3, 0.4) is 0 Å². The quantitative estimate of drug-likeness (QED) is 0.422. The molecule has 0 bridgehead atoms. The number of nitrogens with zero attached hydrogens (tertiary/aromatic N) is 2. The van der Waals surface area contributed by atoms with Crippen molar-refractivity contribution in [3.63, 3.8) is 0 Å². The fourth-order valence-electron chi connectivity index (χ4n) is 2.81. The molecule has 4 nitrogen and oxygen atoms in total. The molecule has 0 aliphatic carbocycles. The van der Waals surface area contributed by atoms with Crippen LogP contribution in [-0.2, 0) is 6.42 Å². The van der Waals surface area contributed by atoms with Gasteiger partial charge in [0.25, 0.3) is 0 Å². The van der Waals surface area contributed by atoms with Gasteiger partial charge in [-0.25, -0.2) is 4.39 Å². The Morgan fingerprint density at radius 1 is 1.50 bits per heavy atom. The summed E-state index contributed by atoms with van der Waals surface area (Å²) in [5.74, 6) is 0.282. The van der Waals surface area contributed by atoms with Crippen LogP contribution in [0.5, 0.6) is 0 Å². The van der Waals surface area contributed by atoms with Crippen LogP contribution in [0.4, 0.5) is 4.39 Å². The molecule has 1 aromatic rings. The molecule has 2 rings (SSSR count). The highest BCUT2D eigenvalue weighted by molar-refractivity contribution is 14.0. The van der Waals surface area contributed by atoms with Gasteiger partial charge >= 0.3 is 0 Å². The Balaban J connectivity index is 0.00000242. The number of halogens is 2. The van der Waals surface area contributed by atoms with Gasteiger partial charge in [0.1, 0.15) is 5.82 Å². The molecule has 0 aromatic heterocycles. The van der Waals surface area contributed by atoms with Gasteiger partial charge < -0.3 is 11.1 Å². The normalized spacial score (nSPS) is 19.0. The predicted octanol–water partition coefficient (Wildman–Crippen LogP) is 2.37. The highest BCUT2D eigenvalue weighted by Gasteiger charge is 2.22. The topological polar surface area (TPSA) is 53.6 Å². The van der Waals surface area contributed by atoms with Crippen molar-refractivity contribution in [2.75, 3.05) is 26.2 Å². The zero-order chi connectivity index (χ0) is 15.1. The Bertz CT molecular complexity index is 481. The lowest BCUT2D eigenvalue weighted by atomic mass is 10.1. The Morgan fingerprint density at radius 2 is 2.32 bits per heavy atom. The number of hydrogen-bond donors (Lipinski definition) is 2. The van der Waals surface area contributed by atoms with E-state index in [0.29, 0.717) is 18.5 Å². The number of benzene rings is 1. The summed E-state index contributed by atoms with van der Waals surface area (Å²) < 4.78 is 13.0. The summed E-state index contributed by atoms with van der Waals surface area (Å²) in [4.78, 5) is 6.87.